The number of carbonyl (C=O) groups excluding carboxylic acids is 8. The number of nitrogens with one attached hydrogen (secondary N) is 7. The number of aliphatic carboxylic acids is 1. The molecule has 22 N–H and O–H groups in total. The fraction of sp³-hybridized carbons (Fsp3) is 0.737. The Hall–Kier alpha value is -5.35. The van der Waals surface area contributed by atoms with Crippen molar-refractivity contribution in [2.75, 3.05) is 32.0 Å². The van der Waals surface area contributed by atoms with Gasteiger partial charge in [-0.25, -0.2) is 0 Å². The second-order valence-corrected chi connectivity index (χ2v) is 16.1. The van der Waals surface area contributed by atoms with Crippen molar-refractivity contribution in [1.29, 1.82) is 0 Å². The van der Waals surface area contributed by atoms with Crippen LogP contribution in [0.3, 0.4) is 0 Å². The summed E-state index contributed by atoms with van der Waals surface area (Å²) < 4.78 is 0. The zero-order chi connectivity index (χ0) is 49.8. The minimum absolute atomic E-state index is 0.00275. The lowest BCUT2D eigenvalue weighted by atomic mass is 10.0. The first-order valence-corrected chi connectivity index (χ1v) is 21.9. The molecule has 8 amide bonds. The Morgan fingerprint density at radius 2 is 0.985 bits per heavy atom. The van der Waals surface area contributed by atoms with Gasteiger partial charge in [0.05, 0.1) is 19.1 Å². The van der Waals surface area contributed by atoms with E-state index in [-0.39, 0.29) is 69.4 Å². The number of primary amides is 1. The van der Waals surface area contributed by atoms with E-state index in [0.29, 0.717) is 25.7 Å². The van der Waals surface area contributed by atoms with E-state index in [4.69, 9.17) is 34.4 Å². The Bertz CT molecular complexity index is 1600. The number of thiol groups is 1. The number of rotatable bonds is 34. The molecule has 0 radical (unpaired) electrons. The zero-order valence-corrected chi connectivity index (χ0v) is 38.1. The van der Waals surface area contributed by atoms with E-state index in [1.807, 2.05) is 0 Å². The van der Waals surface area contributed by atoms with Crippen molar-refractivity contribution in [3.63, 3.8) is 0 Å². The third-order valence-electron chi connectivity index (χ3n) is 9.53. The van der Waals surface area contributed by atoms with Gasteiger partial charge in [-0.3, -0.25) is 48.1 Å². The number of nitrogens with two attached hydrogens (primary N) is 6. The van der Waals surface area contributed by atoms with Crippen molar-refractivity contribution in [2.24, 2.45) is 45.3 Å². The van der Waals surface area contributed by atoms with Crippen LogP contribution in [0.15, 0.2) is 4.99 Å². The summed E-state index contributed by atoms with van der Waals surface area (Å²) >= 11 is 4.07. The molecule has 27 heteroatoms. The Kier molecular flexibility index (Phi) is 29.7. The third kappa shape index (κ3) is 24.5. The highest BCUT2D eigenvalue weighted by atomic mass is 32.1. The second kappa shape index (κ2) is 32.3. The summed E-state index contributed by atoms with van der Waals surface area (Å²) in [7, 11) is 0. The summed E-state index contributed by atoms with van der Waals surface area (Å²) in [5.41, 5.74) is 32.9. The normalized spacial score (nSPS) is 15.2. The molecule has 9 atom stereocenters. The molecule has 0 bridgehead atoms. The molecule has 0 aromatic rings. The topological polar surface area (TPSA) is 467 Å². The van der Waals surface area contributed by atoms with Crippen LogP contribution in [0.1, 0.15) is 85.0 Å². The molecular weight excluding hydrogens is 877 g/mol. The highest BCUT2D eigenvalue weighted by molar-refractivity contribution is 7.80. The molecule has 0 fully saturated rings. The van der Waals surface area contributed by atoms with Crippen LogP contribution in [-0.4, -0.2) is 161 Å². The molecule has 0 saturated heterocycles. The Balaban J connectivity index is 6.62. The molecule has 0 aromatic carbocycles. The van der Waals surface area contributed by atoms with E-state index in [9.17, 15) is 58.5 Å². The van der Waals surface area contributed by atoms with Gasteiger partial charge >= 0.3 is 5.97 Å². The third-order valence-corrected chi connectivity index (χ3v) is 9.89. The maximum absolute atomic E-state index is 14.0. The average molecular weight is 949 g/mol. The van der Waals surface area contributed by atoms with Crippen molar-refractivity contribution < 1.29 is 58.5 Å². The molecule has 26 nitrogen and oxygen atoms in total. The van der Waals surface area contributed by atoms with E-state index < -0.39 is 121 Å². The molecule has 0 aromatic heterocycles. The van der Waals surface area contributed by atoms with Crippen LogP contribution < -0.4 is 71.6 Å². The van der Waals surface area contributed by atoms with Gasteiger partial charge in [0, 0.05) is 12.3 Å². The number of aliphatic hydroxyl groups excluding tert-OH is 2. The van der Waals surface area contributed by atoms with E-state index in [0.717, 1.165) is 0 Å². The lowest BCUT2D eigenvalue weighted by Crippen LogP contribution is -2.61. The number of aliphatic hydroxyl groups is 2. The standard InChI is InChI=1S/C38H72N14O12S/c1-19(2)15-25(35(62)47-22(9-4-6-12-39)32(59)46-23(10-5-7-13-40)34(61)52-29(20(3)54)30(42)57)49-36(63)26(16-28(55)56)50-33(60)24(11-8-14-45-38(43)44)48-37(64)27(18-65)51-31(58)21(41)17-53/h19-27,29,53-54,65H,4-18,39-41H2,1-3H3,(H2,42,57)(H,46,59)(H,47,62)(H,48,64)(H,49,63)(H,50,60)(H,51,58)(H,52,61)(H,55,56)(H4,43,44,45)/t20-,21+,22+,23+,24+,25+,26+,27+,29+/m1/s1. The van der Waals surface area contributed by atoms with Crippen molar-refractivity contribution >= 4 is 71.8 Å². The summed E-state index contributed by atoms with van der Waals surface area (Å²) in [4.78, 5) is 122. The molecule has 0 rings (SSSR count). The SMILES string of the molecule is CC(C)C[C@H](NC(=O)[C@H](CC(=O)O)NC(=O)[C@H](CCCN=C(N)N)NC(=O)[C@H](CS)NC(=O)[C@@H](N)CO)C(=O)N[C@@H](CCCCN)C(=O)N[C@@H](CCCCN)C(=O)N[C@H](C(N)=O)[C@@H](C)O. The number of nitrogens with zero attached hydrogens (tertiary/aromatic N) is 1. The molecule has 0 spiro atoms. The van der Waals surface area contributed by atoms with Crippen molar-refractivity contribution in [1.82, 2.24) is 37.2 Å². The largest absolute Gasteiger partial charge is 0.481 e. The number of carbonyl (C=O) groups is 9. The Labute approximate surface area is 383 Å². The molecule has 0 aliphatic rings. The van der Waals surface area contributed by atoms with Crippen LogP contribution in [0.4, 0.5) is 0 Å². The van der Waals surface area contributed by atoms with Gasteiger partial charge in [0.2, 0.25) is 47.3 Å². The molecular formula is C38H72N14O12S. The molecule has 0 aliphatic carbocycles. The number of hydrogen-bond donors (Lipinski definition) is 17. The fourth-order valence-corrected chi connectivity index (χ4v) is 6.24. The van der Waals surface area contributed by atoms with Crippen molar-refractivity contribution in [3.05, 3.63) is 0 Å². The zero-order valence-electron chi connectivity index (χ0n) is 37.3. The highest BCUT2D eigenvalue weighted by Gasteiger charge is 2.35. The van der Waals surface area contributed by atoms with E-state index in [1.165, 1.54) is 6.92 Å². The van der Waals surface area contributed by atoms with Gasteiger partial charge in [-0.05, 0) is 83.7 Å². The van der Waals surface area contributed by atoms with Crippen LogP contribution in [0.25, 0.3) is 0 Å². The van der Waals surface area contributed by atoms with Gasteiger partial charge in [-0.2, -0.15) is 12.6 Å². The van der Waals surface area contributed by atoms with E-state index in [1.54, 1.807) is 13.8 Å². The highest BCUT2D eigenvalue weighted by Crippen LogP contribution is 2.11. The number of aliphatic imine (C=N–C) groups is 1. The minimum atomic E-state index is -1.83. The van der Waals surface area contributed by atoms with Gasteiger partial charge in [0.25, 0.3) is 0 Å². The van der Waals surface area contributed by atoms with Gasteiger partial charge < -0.3 is 86.9 Å². The fourth-order valence-electron chi connectivity index (χ4n) is 5.98. The van der Waals surface area contributed by atoms with Crippen LogP contribution in [0.5, 0.6) is 0 Å². The van der Waals surface area contributed by atoms with Gasteiger partial charge in [-0.1, -0.05) is 13.8 Å². The second-order valence-electron chi connectivity index (χ2n) is 15.7. The monoisotopic (exact) mass is 949 g/mol. The van der Waals surface area contributed by atoms with Crippen LogP contribution in [-0.2, 0) is 43.2 Å². The molecule has 372 valence electrons. The molecule has 0 unspecified atom stereocenters. The maximum atomic E-state index is 14.0. The number of unbranched alkanes of at least 4 members (excludes halogenated alkanes) is 2. The number of amides is 8. The Morgan fingerprint density at radius 3 is 1.38 bits per heavy atom. The smallest absolute Gasteiger partial charge is 0.305 e. The van der Waals surface area contributed by atoms with Crippen LogP contribution in [0, 0.1) is 5.92 Å². The predicted octanol–water partition coefficient (Wildman–Crippen LogP) is -6.67. The summed E-state index contributed by atoms with van der Waals surface area (Å²) in [6, 6.07) is -11.5. The van der Waals surface area contributed by atoms with Crippen LogP contribution >= 0.6 is 12.6 Å². The first kappa shape index (κ1) is 59.6. The molecule has 0 heterocycles. The van der Waals surface area contributed by atoms with Crippen molar-refractivity contribution in [2.45, 2.75) is 139 Å². The number of hydrogen-bond acceptors (Lipinski definition) is 16. The minimum Gasteiger partial charge on any atom is -0.481 e. The maximum Gasteiger partial charge on any atom is 0.305 e. The van der Waals surface area contributed by atoms with Crippen molar-refractivity contribution in [3.8, 4) is 0 Å². The lowest BCUT2D eigenvalue weighted by Gasteiger charge is -2.28. The van der Waals surface area contributed by atoms with Crippen LogP contribution in [0.2, 0.25) is 0 Å². The van der Waals surface area contributed by atoms with Gasteiger partial charge in [0.15, 0.2) is 5.96 Å². The first-order chi connectivity index (χ1) is 30.5. The average Bonchev–Trinajstić information content (AvgIpc) is 3.22. The molecule has 0 aliphatic heterocycles. The number of carboxylic acid groups (broad SMARTS) is 1. The van der Waals surface area contributed by atoms with E-state index >= 15 is 0 Å². The summed E-state index contributed by atoms with van der Waals surface area (Å²) in [6.45, 7) is 4.47. The quantitative estimate of drug-likeness (QED) is 0.0123. The Morgan fingerprint density at radius 1 is 0.585 bits per heavy atom. The summed E-state index contributed by atoms with van der Waals surface area (Å²) in [6.07, 6.45) is -0.780. The summed E-state index contributed by atoms with van der Waals surface area (Å²) in [5, 5.41) is 46.0. The van der Waals surface area contributed by atoms with Gasteiger partial charge in [-0.15, -0.1) is 0 Å². The van der Waals surface area contributed by atoms with E-state index in [2.05, 4.69) is 54.8 Å². The predicted molar refractivity (Wildman–Crippen MR) is 241 cm³/mol. The number of carboxylic acids is 1. The number of guanidine groups is 1. The lowest BCUT2D eigenvalue weighted by molar-refractivity contribution is -0.141. The first-order valence-electron chi connectivity index (χ1n) is 21.3. The van der Waals surface area contributed by atoms with Gasteiger partial charge in [0.1, 0.15) is 48.3 Å². The molecule has 0 saturated carbocycles. The molecule has 65 heavy (non-hydrogen) atoms. The summed E-state index contributed by atoms with van der Waals surface area (Å²) in [5.74, 6) is -9.86.